The smallest absolute Gasteiger partial charge is 0.273 e. The number of piperidine rings is 1. The van der Waals surface area contributed by atoms with Crippen LogP contribution in [0.15, 0.2) is 35.7 Å². The molecule has 0 unspecified atom stereocenters. The number of rotatable bonds is 4. The fourth-order valence-corrected chi connectivity index (χ4v) is 3.55. The summed E-state index contributed by atoms with van der Waals surface area (Å²) in [6.07, 6.45) is 0.296. The Morgan fingerprint density at radius 2 is 1.92 bits per heavy atom. The van der Waals surface area contributed by atoms with Crippen LogP contribution in [0.25, 0.3) is 0 Å². The molecule has 0 bridgehead atoms. The summed E-state index contributed by atoms with van der Waals surface area (Å²) >= 11 is 1.39. The predicted molar refractivity (Wildman–Crippen MR) is 95.9 cm³/mol. The molecule has 1 aromatic heterocycles. The monoisotopic (exact) mass is 360 g/mol. The van der Waals surface area contributed by atoms with Crippen molar-refractivity contribution in [2.24, 2.45) is 5.73 Å². The molecule has 0 aliphatic carbocycles. The second-order valence-corrected chi connectivity index (χ2v) is 6.93. The third-order valence-corrected chi connectivity index (χ3v) is 5.40. The van der Waals surface area contributed by atoms with E-state index in [1.165, 1.54) is 11.3 Å². The van der Waals surface area contributed by atoms with E-state index < -0.39 is 11.5 Å². The van der Waals surface area contributed by atoms with E-state index in [1.807, 2.05) is 42.3 Å². The zero-order valence-electron chi connectivity index (χ0n) is 13.9. The number of benzene rings is 1. The van der Waals surface area contributed by atoms with Gasteiger partial charge in [-0.05, 0) is 12.1 Å². The van der Waals surface area contributed by atoms with Crippen LogP contribution < -0.4 is 10.6 Å². The van der Waals surface area contributed by atoms with Gasteiger partial charge in [0.1, 0.15) is 11.3 Å². The third kappa shape index (κ3) is 3.49. The summed E-state index contributed by atoms with van der Waals surface area (Å²) < 4.78 is 0. The van der Waals surface area contributed by atoms with Crippen LogP contribution in [0.1, 0.15) is 23.3 Å². The third-order valence-electron chi connectivity index (χ3n) is 4.48. The van der Waals surface area contributed by atoms with Gasteiger partial charge in [0.15, 0.2) is 5.13 Å². The van der Waals surface area contributed by atoms with Gasteiger partial charge in [0, 0.05) is 44.0 Å². The number of carbonyl (C=O) groups excluding carboxylic acids is 2. The second kappa shape index (κ2) is 6.81. The minimum atomic E-state index is -1.52. The Bertz CT molecular complexity index is 769. The SMILES string of the molecule is CN(c1ccccc1)c1nc(C(=O)N2CCC(O)(C(N)=O)CC2)cs1. The number of carbonyl (C=O) groups is 2. The summed E-state index contributed by atoms with van der Waals surface area (Å²) in [6, 6.07) is 9.77. The summed E-state index contributed by atoms with van der Waals surface area (Å²) in [5, 5.41) is 12.5. The molecule has 132 valence electrons. The number of thiazole rings is 1. The lowest BCUT2D eigenvalue weighted by Crippen LogP contribution is -2.53. The molecule has 0 spiro atoms. The van der Waals surface area contributed by atoms with Crippen molar-refractivity contribution in [3.05, 3.63) is 41.4 Å². The van der Waals surface area contributed by atoms with Crippen LogP contribution in [0.5, 0.6) is 0 Å². The molecule has 2 amide bonds. The lowest BCUT2D eigenvalue weighted by molar-refractivity contribution is -0.140. The van der Waals surface area contributed by atoms with E-state index in [0.29, 0.717) is 5.69 Å². The molecule has 1 aliphatic rings. The number of aliphatic hydroxyl groups is 1. The number of anilines is 2. The molecule has 7 nitrogen and oxygen atoms in total. The Morgan fingerprint density at radius 3 is 2.52 bits per heavy atom. The van der Waals surface area contributed by atoms with Gasteiger partial charge in [-0.2, -0.15) is 0 Å². The van der Waals surface area contributed by atoms with Crippen LogP contribution in [-0.4, -0.2) is 52.5 Å². The van der Waals surface area contributed by atoms with E-state index in [2.05, 4.69) is 4.98 Å². The molecular weight excluding hydrogens is 340 g/mol. The van der Waals surface area contributed by atoms with Gasteiger partial charge in [0.2, 0.25) is 5.91 Å². The fraction of sp³-hybridized carbons (Fsp3) is 0.353. The quantitative estimate of drug-likeness (QED) is 0.858. The Morgan fingerprint density at radius 1 is 1.28 bits per heavy atom. The highest BCUT2D eigenvalue weighted by Crippen LogP contribution is 2.28. The number of amides is 2. The fourth-order valence-electron chi connectivity index (χ4n) is 2.77. The molecule has 1 aliphatic heterocycles. The van der Waals surface area contributed by atoms with E-state index in [0.717, 1.165) is 10.8 Å². The van der Waals surface area contributed by atoms with Crippen LogP contribution in [0, 0.1) is 0 Å². The van der Waals surface area contributed by atoms with Crippen LogP contribution in [-0.2, 0) is 4.79 Å². The maximum atomic E-state index is 12.6. The molecule has 2 heterocycles. The first-order valence-electron chi connectivity index (χ1n) is 7.96. The number of primary amides is 1. The van der Waals surface area contributed by atoms with E-state index in [9.17, 15) is 14.7 Å². The number of nitrogens with zero attached hydrogens (tertiary/aromatic N) is 3. The maximum Gasteiger partial charge on any atom is 0.273 e. The number of aromatic nitrogens is 1. The molecule has 1 aromatic carbocycles. The van der Waals surface area contributed by atoms with Gasteiger partial charge in [-0.1, -0.05) is 18.2 Å². The van der Waals surface area contributed by atoms with Gasteiger partial charge < -0.3 is 20.6 Å². The Balaban J connectivity index is 1.69. The van der Waals surface area contributed by atoms with Crippen LogP contribution >= 0.6 is 11.3 Å². The first kappa shape index (κ1) is 17.4. The highest BCUT2D eigenvalue weighted by atomic mass is 32.1. The summed E-state index contributed by atoms with van der Waals surface area (Å²) in [4.78, 5) is 31.8. The summed E-state index contributed by atoms with van der Waals surface area (Å²) in [7, 11) is 1.90. The molecule has 0 atom stereocenters. The molecule has 3 rings (SSSR count). The zero-order chi connectivity index (χ0) is 18.0. The predicted octanol–water partition coefficient (Wildman–Crippen LogP) is 1.36. The molecule has 1 saturated heterocycles. The number of hydrogen-bond acceptors (Lipinski definition) is 6. The number of nitrogens with two attached hydrogens (primary N) is 1. The molecule has 8 heteroatoms. The Kier molecular flexibility index (Phi) is 4.73. The maximum absolute atomic E-state index is 12.6. The molecule has 1 fully saturated rings. The van der Waals surface area contributed by atoms with Gasteiger partial charge in [-0.25, -0.2) is 4.98 Å². The molecule has 2 aromatic rings. The topological polar surface area (TPSA) is 99.8 Å². The molecule has 25 heavy (non-hydrogen) atoms. The average molecular weight is 360 g/mol. The van der Waals surface area contributed by atoms with Crippen molar-refractivity contribution in [1.82, 2.24) is 9.88 Å². The second-order valence-electron chi connectivity index (χ2n) is 6.10. The van der Waals surface area contributed by atoms with E-state index in [4.69, 9.17) is 5.73 Å². The average Bonchev–Trinajstić information content (AvgIpc) is 3.12. The van der Waals surface area contributed by atoms with Gasteiger partial charge in [-0.15, -0.1) is 11.3 Å². The molecule has 3 N–H and O–H groups in total. The van der Waals surface area contributed by atoms with Crippen molar-refractivity contribution >= 4 is 34.0 Å². The van der Waals surface area contributed by atoms with Crippen LogP contribution in [0.4, 0.5) is 10.8 Å². The minimum absolute atomic E-state index is 0.148. The highest BCUT2D eigenvalue weighted by molar-refractivity contribution is 7.14. The van der Waals surface area contributed by atoms with Gasteiger partial charge in [-0.3, -0.25) is 9.59 Å². The standard InChI is InChI=1S/C17H20N4O3S/c1-20(12-5-3-2-4-6-12)16-19-13(11-25-16)14(22)21-9-7-17(24,8-10-21)15(18)23/h2-6,11,24H,7-10H2,1H3,(H2,18,23). The first-order valence-corrected chi connectivity index (χ1v) is 8.84. The van der Waals surface area contributed by atoms with E-state index >= 15 is 0 Å². The number of para-hydroxylation sites is 1. The lowest BCUT2D eigenvalue weighted by Gasteiger charge is -2.35. The Labute approximate surface area is 149 Å². The van der Waals surface area contributed by atoms with Crippen molar-refractivity contribution in [3.8, 4) is 0 Å². The van der Waals surface area contributed by atoms with E-state index in [-0.39, 0.29) is 31.8 Å². The van der Waals surface area contributed by atoms with Crippen LogP contribution in [0.2, 0.25) is 0 Å². The summed E-state index contributed by atoms with van der Waals surface area (Å²) in [6.45, 7) is 0.555. The van der Waals surface area contributed by atoms with Crippen molar-refractivity contribution in [2.45, 2.75) is 18.4 Å². The van der Waals surface area contributed by atoms with Crippen molar-refractivity contribution in [2.75, 3.05) is 25.0 Å². The minimum Gasteiger partial charge on any atom is -0.380 e. The summed E-state index contributed by atoms with van der Waals surface area (Å²) in [5.74, 6) is -0.935. The number of likely N-dealkylation sites (tertiary alicyclic amines) is 1. The van der Waals surface area contributed by atoms with Gasteiger partial charge in [0.25, 0.3) is 5.91 Å². The number of hydrogen-bond donors (Lipinski definition) is 2. The van der Waals surface area contributed by atoms with Gasteiger partial charge in [0.05, 0.1) is 0 Å². The van der Waals surface area contributed by atoms with Gasteiger partial charge >= 0.3 is 0 Å². The van der Waals surface area contributed by atoms with Crippen molar-refractivity contribution < 1.29 is 14.7 Å². The first-order chi connectivity index (χ1) is 11.9. The zero-order valence-corrected chi connectivity index (χ0v) is 14.7. The molecular formula is C17H20N4O3S. The Hall–Kier alpha value is -2.45. The molecule has 0 radical (unpaired) electrons. The van der Waals surface area contributed by atoms with Crippen LogP contribution in [0.3, 0.4) is 0 Å². The summed E-state index contributed by atoms with van der Waals surface area (Å²) in [5.41, 5.74) is 5.06. The normalized spacial score (nSPS) is 16.5. The molecule has 0 saturated carbocycles. The lowest BCUT2D eigenvalue weighted by atomic mass is 9.91. The van der Waals surface area contributed by atoms with Crippen molar-refractivity contribution in [1.29, 1.82) is 0 Å². The van der Waals surface area contributed by atoms with E-state index in [1.54, 1.807) is 10.3 Å². The van der Waals surface area contributed by atoms with Crippen molar-refractivity contribution in [3.63, 3.8) is 0 Å². The largest absolute Gasteiger partial charge is 0.380 e. The highest BCUT2D eigenvalue weighted by Gasteiger charge is 2.39.